The minimum atomic E-state index is 0.785. The van der Waals surface area contributed by atoms with Gasteiger partial charge in [0.15, 0.2) is 0 Å². The molecule has 0 bridgehead atoms. The van der Waals surface area contributed by atoms with Crippen molar-refractivity contribution in [3.8, 4) is 16.8 Å². The van der Waals surface area contributed by atoms with Gasteiger partial charge in [0.2, 0.25) is 0 Å². The molecule has 2 nitrogen and oxygen atoms in total. The smallest absolute Gasteiger partial charge is 0.0547 e. The first-order valence-electron chi connectivity index (χ1n) is 8.76. The molecule has 2 heteroatoms. The Balaban J connectivity index is 1.97. The van der Waals surface area contributed by atoms with Gasteiger partial charge in [0.1, 0.15) is 0 Å². The number of rotatable bonds is 2. The molecule has 0 saturated heterocycles. The maximum atomic E-state index is 6.14. The molecule has 4 aromatic carbocycles. The maximum absolute atomic E-state index is 6.14. The van der Waals surface area contributed by atoms with E-state index in [4.69, 9.17) is 5.73 Å². The number of hydrogen-bond donors (Lipinski definition) is 1. The van der Waals surface area contributed by atoms with Crippen molar-refractivity contribution >= 4 is 27.5 Å². The van der Waals surface area contributed by atoms with E-state index in [0.717, 1.165) is 11.4 Å². The molecule has 2 N–H and O–H groups in total. The molecular weight excluding hydrogens is 316 g/mol. The summed E-state index contributed by atoms with van der Waals surface area (Å²) in [5, 5.41) is 2.42. The van der Waals surface area contributed by atoms with Crippen LogP contribution in [0.15, 0.2) is 97.1 Å². The van der Waals surface area contributed by atoms with E-state index in [9.17, 15) is 0 Å². The van der Waals surface area contributed by atoms with Crippen LogP contribution in [0.25, 0.3) is 38.6 Å². The molecule has 26 heavy (non-hydrogen) atoms. The lowest BCUT2D eigenvalue weighted by Crippen LogP contribution is -1.93. The zero-order valence-corrected chi connectivity index (χ0v) is 14.3. The lowest BCUT2D eigenvalue weighted by molar-refractivity contribution is 1.18. The maximum Gasteiger partial charge on any atom is 0.0547 e. The molecule has 0 unspecified atom stereocenters. The fraction of sp³-hybridized carbons (Fsp3) is 0. The highest BCUT2D eigenvalue weighted by Gasteiger charge is 2.15. The Morgan fingerprint density at radius 2 is 1.35 bits per heavy atom. The molecule has 0 amide bonds. The predicted molar refractivity (Wildman–Crippen MR) is 111 cm³/mol. The van der Waals surface area contributed by atoms with Crippen molar-refractivity contribution in [2.75, 3.05) is 5.73 Å². The third-order valence-electron chi connectivity index (χ3n) is 4.91. The standard InChI is InChI=1S/C24H18N2/c25-18-14-15-22-21(16-18)24-20(17-8-3-1-4-9-17)12-7-13-23(24)26(22)19-10-5-2-6-11-19/h1-16H,25H2. The SMILES string of the molecule is Nc1ccc2c(c1)c1c(-c3ccccc3)cccc1n2-c1ccccc1. The van der Waals surface area contributed by atoms with Gasteiger partial charge in [0, 0.05) is 22.1 Å². The van der Waals surface area contributed by atoms with Gasteiger partial charge in [-0.2, -0.15) is 0 Å². The molecule has 0 aliphatic rings. The fourth-order valence-electron chi connectivity index (χ4n) is 3.80. The molecule has 0 spiro atoms. The zero-order valence-electron chi connectivity index (χ0n) is 14.3. The van der Waals surface area contributed by atoms with Crippen LogP contribution in [0.5, 0.6) is 0 Å². The number of nitrogens with zero attached hydrogens (tertiary/aromatic N) is 1. The normalized spacial score (nSPS) is 11.2. The molecule has 1 heterocycles. The summed E-state index contributed by atoms with van der Waals surface area (Å²) in [7, 11) is 0. The third kappa shape index (κ3) is 2.20. The molecule has 0 saturated carbocycles. The topological polar surface area (TPSA) is 30.9 Å². The van der Waals surface area contributed by atoms with Crippen molar-refractivity contribution in [1.29, 1.82) is 0 Å². The van der Waals surface area contributed by atoms with E-state index in [1.54, 1.807) is 0 Å². The van der Waals surface area contributed by atoms with E-state index in [2.05, 4.69) is 89.5 Å². The van der Waals surface area contributed by atoms with Crippen molar-refractivity contribution in [2.45, 2.75) is 0 Å². The minimum Gasteiger partial charge on any atom is -0.399 e. The predicted octanol–water partition coefficient (Wildman–Crippen LogP) is 6.03. The van der Waals surface area contributed by atoms with Crippen LogP contribution in [-0.2, 0) is 0 Å². The Morgan fingerprint density at radius 1 is 0.615 bits per heavy atom. The van der Waals surface area contributed by atoms with Gasteiger partial charge in [0.05, 0.1) is 11.0 Å². The summed E-state index contributed by atoms with van der Waals surface area (Å²) in [5.74, 6) is 0. The van der Waals surface area contributed by atoms with Gasteiger partial charge in [-0.05, 0) is 47.5 Å². The van der Waals surface area contributed by atoms with Gasteiger partial charge >= 0.3 is 0 Å². The first kappa shape index (κ1) is 14.8. The summed E-state index contributed by atoms with van der Waals surface area (Å²) in [6, 6.07) is 33.7. The van der Waals surface area contributed by atoms with E-state index in [1.807, 2.05) is 12.1 Å². The van der Waals surface area contributed by atoms with Crippen molar-refractivity contribution in [1.82, 2.24) is 4.57 Å². The van der Waals surface area contributed by atoms with Gasteiger partial charge in [-0.1, -0.05) is 60.7 Å². The third-order valence-corrected chi connectivity index (χ3v) is 4.91. The monoisotopic (exact) mass is 334 g/mol. The van der Waals surface area contributed by atoms with Crippen LogP contribution in [0.3, 0.4) is 0 Å². The van der Waals surface area contributed by atoms with E-state index in [0.29, 0.717) is 0 Å². The Hall–Kier alpha value is -3.52. The summed E-state index contributed by atoms with van der Waals surface area (Å²) in [6.45, 7) is 0. The average molecular weight is 334 g/mol. The zero-order chi connectivity index (χ0) is 17.5. The highest BCUT2D eigenvalue weighted by Crippen LogP contribution is 2.38. The molecule has 0 aliphatic carbocycles. The van der Waals surface area contributed by atoms with Crippen LogP contribution < -0.4 is 5.73 Å². The van der Waals surface area contributed by atoms with E-state index >= 15 is 0 Å². The van der Waals surface area contributed by atoms with Crippen molar-refractivity contribution < 1.29 is 0 Å². The first-order valence-corrected chi connectivity index (χ1v) is 8.76. The number of fused-ring (bicyclic) bond motifs is 3. The number of para-hydroxylation sites is 1. The number of benzene rings is 4. The Kier molecular flexibility index (Phi) is 3.29. The lowest BCUT2D eigenvalue weighted by atomic mass is 9.99. The average Bonchev–Trinajstić information content (AvgIpc) is 3.03. The van der Waals surface area contributed by atoms with Crippen LogP contribution in [0.2, 0.25) is 0 Å². The molecule has 1 aromatic heterocycles. The molecule has 5 aromatic rings. The minimum absolute atomic E-state index is 0.785. The Labute approximate surface area is 152 Å². The Bertz CT molecular complexity index is 1220. The van der Waals surface area contributed by atoms with Crippen LogP contribution in [0.1, 0.15) is 0 Å². The molecule has 0 aliphatic heterocycles. The van der Waals surface area contributed by atoms with E-state index in [1.165, 1.54) is 32.9 Å². The second kappa shape index (κ2) is 5.78. The number of hydrogen-bond acceptors (Lipinski definition) is 1. The van der Waals surface area contributed by atoms with E-state index < -0.39 is 0 Å². The fourth-order valence-corrected chi connectivity index (χ4v) is 3.80. The number of anilines is 1. The van der Waals surface area contributed by atoms with Gasteiger partial charge < -0.3 is 10.3 Å². The van der Waals surface area contributed by atoms with Gasteiger partial charge in [-0.3, -0.25) is 0 Å². The summed E-state index contributed by atoms with van der Waals surface area (Å²) in [6.07, 6.45) is 0. The lowest BCUT2D eigenvalue weighted by Gasteiger charge is -2.08. The largest absolute Gasteiger partial charge is 0.399 e. The van der Waals surface area contributed by atoms with E-state index in [-0.39, 0.29) is 0 Å². The van der Waals surface area contributed by atoms with Crippen LogP contribution in [0.4, 0.5) is 5.69 Å². The highest BCUT2D eigenvalue weighted by atomic mass is 15.0. The summed E-state index contributed by atoms with van der Waals surface area (Å²) >= 11 is 0. The molecule has 0 fully saturated rings. The summed E-state index contributed by atoms with van der Waals surface area (Å²) < 4.78 is 2.32. The van der Waals surface area contributed by atoms with Crippen molar-refractivity contribution in [3.63, 3.8) is 0 Å². The second-order valence-electron chi connectivity index (χ2n) is 6.51. The highest BCUT2D eigenvalue weighted by molar-refractivity contribution is 6.16. The van der Waals surface area contributed by atoms with Crippen molar-refractivity contribution in [3.05, 3.63) is 97.1 Å². The second-order valence-corrected chi connectivity index (χ2v) is 6.51. The summed E-state index contributed by atoms with van der Waals surface area (Å²) in [4.78, 5) is 0. The molecule has 0 atom stereocenters. The number of nitrogen functional groups attached to an aromatic ring is 1. The Morgan fingerprint density at radius 3 is 2.12 bits per heavy atom. The summed E-state index contributed by atoms with van der Waals surface area (Å²) in [5.41, 5.74) is 12.9. The van der Waals surface area contributed by atoms with Gasteiger partial charge in [0.25, 0.3) is 0 Å². The number of aromatic nitrogens is 1. The quantitative estimate of drug-likeness (QED) is 0.392. The van der Waals surface area contributed by atoms with Crippen LogP contribution >= 0.6 is 0 Å². The molecule has 0 radical (unpaired) electrons. The first-order chi connectivity index (χ1) is 12.8. The molecule has 124 valence electrons. The van der Waals surface area contributed by atoms with Crippen LogP contribution in [-0.4, -0.2) is 4.57 Å². The van der Waals surface area contributed by atoms with Gasteiger partial charge in [-0.15, -0.1) is 0 Å². The molecule has 5 rings (SSSR count). The van der Waals surface area contributed by atoms with Crippen molar-refractivity contribution in [2.24, 2.45) is 0 Å². The molecular formula is C24H18N2. The van der Waals surface area contributed by atoms with Crippen LogP contribution in [0, 0.1) is 0 Å². The van der Waals surface area contributed by atoms with Gasteiger partial charge in [-0.25, -0.2) is 0 Å². The number of nitrogens with two attached hydrogens (primary N) is 1.